The first kappa shape index (κ1) is 106. The Balaban J connectivity index is 1.05. The van der Waals surface area contributed by atoms with Crippen LogP contribution in [0.2, 0.25) is 0 Å². The Labute approximate surface area is 731 Å². The van der Waals surface area contributed by atoms with Crippen molar-refractivity contribution in [3.63, 3.8) is 0 Å². The van der Waals surface area contributed by atoms with Crippen molar-refractivity contribution in [3.05, 3.63) is 0 Å². The number of rotatable bonds is 34. The van der Waals surface area contributed by atoms with Crippen molar-refractivity contribution >= 4 is 35.4 Å². The van der Waals surface area contributed by atoms with Gasteiger partial charge in [-0.3, -0.25) is 28.8 Å². The Kier molecular flexibility index (Phi) is 38.4. The molecule has 0 bridgehead atoms. The maximum absolute atomic E-state index is 13.2. The molecule has 6 amide bonds. The van der Waals surface area contributed by atoms with E-state index in [1.165, 1.54) is 0 Å². The first-order valence-electron chi connectivity index (χ1n) is 41.1. The van der Waals surface area contributed by atoms with E-state index < -0.39 is 408 Å². The molecule has 10 aliphatic rings. The van der Waals surface area contributed by atoms with Gasteiger partial charge in [-0.2, -0.15) is 0 Å². The molecule has 0 spiro atoms. The lowest BCUT2D eigenvalue weighted by atomic mass is 9.93. The largest absolute Gasteiger partial charge is 0.394 e. The SMILES string of the molecule is CC(=O)N[C@@H]1[C@@H](O)[C@H](O[C@@H]2O[C@H](CO)[C@@H](O[C@@H]3O[C@H](CO[C@H]4O[C@H](CO[C@@H]5O[C@H](CO)[C@@H](O[C@@H]6O[C@H](CO)[C@H](O)[C@H](O)[C@H]6O)[C@H](O)[C@H]5NC(C)=O)[C@@H](O)[C@H](O)[C@@H]4O[C@@H]4O[C@H](CO)[C@@H](O)[C@H](O)[C@H]4NC(C)=O)[C@@H](O)[C@H](O[C@H]4O[C@H](CO)[C@@H](O[C@@H]5O[C@H](CO)[C@@H](O)[C@H](O)[C@H]5NC(C)=O)[C@H](O)[C@@H]4O[C@@H]4O[C@H](CO)[C@@H](O)[C@H](O)[C@H]4NC(C)=O)[C@@H]3O)[C@H](O)[C@H]2NC(C)=O)[C@@H](CO)O[C@H]1O. The van der Waals surface area contributed by atoms with Crippen LogP contribution in [0.3, 0.4) is 0 Å². The molecular weight excluding hydrogens is 1760 g/mol. The van der Waals surface area contributed by atoms with Crippen molar-refractivity contribution in [2.45, 2.75) is 348 Å². The average Bonchev–Trinajstić information content (AvgIpc) is 0.766. The van der Waals surface area contributed by atoms with E-state index in [0.717, 1.165) is 41.5 Å². The Morgan fingerprint density at radius 3 is 0.829 bits per heavy atom. The minimum absolute atomic E-state index is 0.817. The summed E-state index contributed by atoms with van der Waals surface area (Å²) in [6, 6.07) is -11.2. The molecule has 10 fully saturated rings. The number of ether oxygens (including phenoxy) is 19. The zero-order valence-corrected chi connectivity index (χ0v) is 69.8. The van der Waals surface area contributed by atoms with E-state index in [0.29, 0.717) is 0 Å². The van der Waals surface area contributed by atoms with E-state index in [-0.39, 0.29) is 0 Å². The molecule has 32 N–H and O–H groups in total. The second kappa shape index (κ2) is 46.7. The molecule has 10 rings (SSSR count). The monoisotopic (exact) mass is 1880 g/mol. The van der Waals surface area contributed by atoms with Crippen molar-refractivity contribution in [1.82, 2.24) is 31.9 Å². The number of carbonyl (C=O) groups is 6. The van der Waals surface area contributed by atoms with Gasteiger partial charge in [0, 0.05) is 41.5 Å². The number of amides is 6. The Hall–Kier alpha value is -4.98. The third kappa shape index (κ3) is 24.2. The smallest absolute Gasteiger partial charge is 0.217 e. The Morgan fingerprint density at radius 2 is 0.442 bits per heavy atom. The first-order chi connectivity index (χ1) is 61.0. The van der Waals surface area contributed by atoms with Crippen LogP contribution in [-0.2, 0) is 119 Å². The summed E-state index contributed by atoms with van der Waals surface area (Å²) in [5.74, 6) is -5.50. The third-order valence-electron chi connectivity index (χ3n) is 23.3. The third-order valence-corrected chi connectivity index (χ3v) is 23.3. The molecule has 0 aromatic rings. The first-order valence-corrected chi connectivity index (χ1v) is 41.1. The van der Waals surface area contributed by atoms with Gasteiger partial charge < -0.3 is 255 Å². The van der Waals surface area contributed by atoms with Crippen LogP contribution in [0.4, 0.5) is 0 Å². The molecule has 0 aliphatic carbocycles. The number of aliphatic hydroxyl groups excluding tert-OH is 26. The molecular formula is C72H120N6O51. The quantitative estimate of drug-likeness (QED) is 0.0284. The lowest BCUT2D eigenvalue weighted by Crippen LogP contribution is -2.71. The van der Waals surface area contributed by atoms with Gasteiger partial charge in [-0.05, 0) is 0 Å². The minimum Gasteiger partial charge on any atom is -0.394 e. The molecule has 10 aliphatic heterocycles. The lowest BCUT2D eigenvalue weighted by Gasteiger charge is -2.51. The van der Waals surface area contributed by atoms with E-state index in [1.54, 1.807) is 0 Å². The molecule has 0 saturated carbocycles. The standard InChI is InChI=1S/C72H120N6O51/c1-17(87)73-33-48(102)56(27(11-83)113-63(33)110)123-68-38(78-22(6)92)50(104)58(29(13-85)119-68)126-70-55(109)60(127-72-62(129-67-36(76-20(4)90)47(101)41(95)25(9-81)116-67)54(108)59(30(14-86)120-72)124-65-34(74-18(2)88)45(99)39(93)23(7-79)114-65)44(98)32(121-70)16-112-71-61(128-66-35(75-19(3)89)46(100)40(94)24(8-80)115-66)52(106)43(97)31(122-71)15-111-64-37(77-21(5)91)49(103)57(28(12-84)118-64)125-69-53(107)51(105)42(96)26(10-82)117-69/h23-72,79-86,93-110H,7-16H2,1-6H3,(H,73,87)(H,74,88)(H,75,89)(H,76,90)(H,77,91)(H,78,92)/t23-,24-,25-,26-,27-,28-,29-,30-,31-,32-,33-,34-,35-,36-,37-,38-,39-,40-,41-,42+,43-,44-,45-,46-,47-,48-,49-,50-,51+,52+,53-,54+,55+,56-,57-,58-,59-,60+,61+,62+,63-,64-,65+,66+,67+,68+,69+,70+,71+,72-/m1/s1. The summed E-state index contributed by atoms with van der Waals surface area (Å²) in [6.45, 7) is -5.64. The average molecular weight is 1890 g/mol. The molecule has 57 nitrogen and oxygen atoms in total. The van der Waals surface area contributed by atoms with Gasteiger partial charge in [0.15, 0.2) is 62.9 Å². The minimum atomic E-state index is -2.69. The normalized spacial score (nSPS) is 47.5. The van der Waals surface area contributed by atoms with Gasteiger partial charge in [-0.25, -0.2) is 0 Å². The molecule has 57 heteroatoms. The van der Waals surface area contributed by atoms with E-state index in [9.17, 15) is 162 Å². The lowest BCUT2D eigenvalue weighted by molar-refractivity contribution is -0.403. The summed E-state index contributed by atoms with van der Waals surface area (Å²) in [5.41, 5.74) is 0. The second-order valence-corrected chi connectivity index (χ2v) is 32.5. The highest BCUT2D eigenvalue weighted by molar-refractivity contribution is 5.75. The van der Waals surface area contributed by atoms with E-state index in [2.05, 4.69) is 31.9 Å². The maximum atomic E-state index is 13.2. The van der Waals surface area contributed by atoms with Gasteiger partial charge in [0.2, 0.25) is 35.4 Å². The van der Waals surface area contributed by atoms with Crippen LogP contribution in [0, 0.1) is 0 Å². The summed E-state index contributed by atoms with van der Waals surface area (Å²) < 4.78 is 115. The fraction of sp³-hybridized carbons (Fsp3) is 0.917. The highest BCUT2D eigenvalue weighted by Crippen LogP contribution is 2.41. The van der Waals surface area contributed by atoms with Gasteiger partial charge in [0.25, 0.3) is 0 Å². The molecule has 744 valence electrons. The van der Waals surface area contributed by atoms with Crippen LogP contribution in [0.15, 0.2) is 0 Å². The Morgan fingerprint density at radius 1 is 0.202 bits per heavy atom. The van der Waals surface area contributed by atoms with E-state index in [4.69, 9.17) is 90.0 Å². The van der Waals surface area contributed by atoms with Gasteiger partial charge in [0.1, 0.15) is 244 Å². The van der Waals surface area contributed by atoms with Gasteiger partial charge >= 0.3 is 0 Å². The van der Waals surface area contributed by atoms with Gasteiger partial charge in [-0.15, -0.1) is 0 Å². The van der Waals surface area contributed by atoms with Crippen molar-refractivity contribution in [1.29, 1.82) is 0 Å². The molecule has 0 aromatic carbocycles. The predicted octanol–water partition coefficient (Wildman–Crippen LogP) is -21.9. The van der Waals surface area contributed by atoms with Crippen LogP contribution < -0.4 is 31.9 Å². The van der Waals surface area contributed by atoms with Crippen molar-refractivity contribution in [2.24, 2.45) is 0 Å². The number of aliphatic hydroxyl groups is 26. The van der Waals surface area contributed by atoms with Crippen LogP contribution in [-0.4, -0.2) is 541 Å². The zero-order chi connectivity index (χ0) is 95.1. The predicted molar refractivity (Wildman–Crippen MR) is 399 cm³/mol. The number of hydrogen-bond acceptors (Lipinski definition) is 51. The molecule has 10 heterocycles. The fourth-order valence-electron chi connectivity index (χ4n) is 16.6. The highest BCUT2D eigenvalue weighted by atomic mass is 16.8. The molecule has 0 unspecified atom stereocenters. The summed E-state index contributed by atoms with van der Waals surface area (Å²) >= 11 is 0. The molecule has 0 aromatic heterocycles. The molecule has 10 saturated heterocycles. The van der Waals surface area contributed by atoms with Gasteiger partial charge in [0.05, 0.1) is 66.1 Å². The summed E-state index contributed by atoms with van der Waals surface area (Å²) in [4.78, 5) is 76.7. The van der Waals surface area contributed by atoms with E-state index in [1.807, 2.05) is 0 Å². The van der Waals surface area contributed by atoms with Crippen LogP contribution in [0.25, 0.3) is 0 Å². The molecule has 0 radical (unpaired) electrons. The molecule has 50 atom stereocenters. The van der Waals surface area contributed by atoms with Crippen molar-refractivity contribution < 1.29 is 252 Å². The summed E-state index contributed by atoms with van der Waals surface area (Å²) in [6.07, 6.45) is -94.0. The van der Waals surface area contributed by atoms with Crippen molar-refractivity contribution in [3.8, 4) is 0 Å². The van der Waals surface area contributed by atoms with E-state index >= 15 is 0 Å². The zero-order valence-electron chi connectivity index (χ0n) is 69.8. The summed E-state index contributed by atoms with van der Waals surface area (Å²) in [7, 11) is 0. The summed E-state index contributed by atoms with van der Waals surface area (Å²) in [5, 5.41) is 308. The van der Waals surface area contributed by atoms with Crippen LogP contribution in [0.1, 0.15) is 41.5 Å². The maximum Gasteiger partial charge on any atom is 0.217 e. The fourth-order valence-corrected chi connectivity index (χ4v) is 16.6. The van der Waals surface area contributed by atoms with Gasteiger partial charge in [-0.1, -0.05) is 0 Å². The van der Waals surface area contributed by atoms with Crippen molar-refractivity contribution in [2.75, 3.05) is 66.1 Å². The highest BCUT2D eigenvalue weighted by Gasteiger charge is 2.62. The number of nitrogens with one attached hydrogen (secondary N) is 6. The Bertz CT molecular complexity index is 3570. The van der Waals surface area contributed by atoms with Crippen LogP contribution >= 0.6 is 0 Å². The second-order valence-electron chi connectivity index (χ2n) is 32.5. The van der Waals surface area contributed by atoms with Crippen LogP contribution in [0.5, 0.6) is 0 Å². The number of carbonyl (C=O) groups excluding carboxylic acids is 6. The topological polar surface area (TPSA) is 876 Å². The molecule has 129 heavy (non-hydrogen) atoms. The number of hydrogen-bond donors (Lipinski definition) is 32.